The lowest BCUT2D eigenvalue weighted by atomic mass is 9.81. The van der Waals surface area contributed by atoms with Crippen LogP contribution in [0.25, 0.3) is 88.8 Å². The summed E-state index contributed by atoms with van der Waals surface area (Å²) in [4.78, 5) is 14.7. The molecule has 0 bridgehead atoms. The first-order valence-electron chi connectivity index (χ1n) is 18.6. The maximum absolute atomic E-state index is 9.50. The summed E-state index contributed by atoms with van der Waals surface area (Å²) in [5, 5.41) is 14.2. The van der Waals surface area contributed by atoms with E-state index in [4.69, 9.17) is 9.97 Å². The molecule has 0 amide bonds. The molecule has 4 nitrogen and oxygen atoms in total. The van der Waals surface area contributed by atoms with Crippen LogP contribution in [-0.4, -0.2) is 15.0 Å². The van der Waals surface area contributed by atoms with E-state index < -0.39 is 0 Å². The van der Waals surface area contributed by atoms with Crippen molar-refractivity contribution in [3.63, 3.8) is 0 Å². The first-order valence-corrected chi connectivity index (χ1v) is 18.6. The van der Waals surface area contributed by atoms with Crippen LogP contribution in [0.4, 0.5) is 0 Å². The van der Waals surface area contributed by atoms with Crippen molar-refractivity contribution >= 4 is 21.5 Å². The molecule has 0 radical (unpaired) electrons. The van der Waals surface area contributed by atoms with Crippen LogP contribution in [0, 0.1) is 11.3 Å². The number of hydrogen-bond donors (Lipinski definition) is 0. The molecule has 7 aromatic carbocycles. The summed E-state index contributed by atoms with van der Waals surface area (Å²) >= 11 is 0. The highest BCUT2D eigenvalue weighted by atomic mass is 14.9. The predicted octanol–water partition coefficient (Wildman–Crippen LogP) is 12.7. The van der Waals surface area contributed by atoms with Crippen LogP contribution in [-0.2, 0) is 5.41 Å². The average molecular weight is 703 g/mol. The van der Waals surface area contributed by atoms with E-state index in [0.29, 0.717) is 11.4 Å². The van der Waals surface area contributed by atoms with Gasteiger partial charge in [-0.15, -0.1) is 0 Å². The van der Waals surface area contributed by atoms with Gasteiger partial charge >= 0.3 is 0 Å². The average Bonchev–Trinajstić information content (AvgIpc) is 3.49. The molecule has 0 unspecified atom stereocenters. The van der Waals surface area contributed by atoms with Crippen molar-refractivity contribution in [2.75, 3.05) is 0 Å². The zero-order valence-corrected chi connectivity index (χ0v) is 30.5. The standard InChI is InChI=1S/C51H34N4/c1-51(2)45-22-21-42-41-18-15-32(30-52)24-36(41)17-19-43(42)49(45)44-20-16-35(28-46(44)51)38-25-39(37-14-9-23-53-31-37)27-40(26-38)48-29-47(33-10-5-3-6-11-33)54-50(55-48)34-12-7-4-8-13-34/h3-29,31H,1-2H3. The normalized spacial score (nSPS) is 12.7. The Morgan fingerprint density at radius 3 is 1.91 bits per heavy atom. The Balaban J connectivity index is 1.15. The van der Waals surface area contributed by atoms with Crippen molar-refractivity contribution < 1.29 is 0 Å². The summed E-state index contributed by atoms with van der Waals surface area (Å²) in [5.74, 6) is 0.688. The fraction of sp³-hybridized carbons (Fsp3) is 0.0588. The number of fused-ring (bicyclic) bond motifs is 7. The van der Waals surface area contributed by atoms with Gasteiger partial charge < -0.3 is 0 Å². The van der Waals surface area contributed by atoms with Gasteiger partial charge in [0.2, 0.25) is 0 Å². The molecule has 0 N–H and O–H groups in total. The Bertz CT molecular complexity index is 2940. The van der Waals surface area contributed by atoms with Crippen molar-refractivity contribution in [3.05, 3.63) is 187 Å². The van der Waals surface area contributed by atoms with Crippen molar-refractivity contribution in [2.45, 2.75) is 19.3 Å². The number of nitrogens with zero attached hydrogens (tertiary/aromatic N) is 4. The van der Waals surface area contributed by atoms with Gasteiger partial charge in [0.15, 0.2) is 5.82 Å². The second kappa shape index (κ2) is 12.7. The van der Waals surface area contributed by atoms with Gasteiger partial charge in [0.25, 0.3) is 0 Å². The van der Waals surface area contributed by atoms with Crippen LogP contribution in [0.3, 0.4) is 0 Å². The maximum atomic E-state index is 9.50. The lowest BCUT2D eigenvalue weighted by Crippen LogP contribution is -2.15. The molecule has 2 heterocycles. The smallest absolute Gasteiger partial charge is 0.160 e. The van der Waals surface area contributed by atoms with E-state index in [2.05, 4.69) is 128 Å². The molecule has 1 aliphatic rings. The fourth-order valence-electron chi connectivity index (χ4n) is 8.34. The molecule has 2 aromatic heterocycles. The van der Waals surface area contributed by atoms with E-state index in [-0.39, 0.29) is 5.41 Å². The van der Waals surface area contributed by atoms with Crippen LogP contribution >= 0.6 is 0 Å². The third-order valence-corrected chi connectivity index (χ3v) is 11.2. The number of rotatable bonds is 5. The molecule has 0 saturated heterocycles. The largest absolute Gasteiger partial charge is 0.264 e. The molecule has 0 aliphatic heterocycles. The Morgan fingerprint density at radius 2 is 1.16 bits per heavy atom. The Kier molecular flexibility index (Phi) is 7.50. The molecule has 0 saturated carbocycles. The topological polar surface area (TPSA) is 62.5 Å². The second-order valence-electron chi connectivity index (χ2n) is 14.8. The van der Waals surface area contributed by atoms with Crippen LogP contribution in [0.5, 0.6) is 0 Å². The molecule has 9 aromatic rings. The van der Waals surface area contributed by atoms with Gasteiger partial charge in [-0.05, 0) is 109 Å². The molecular weight excluding hydrogens is 669 g/mol. The van der Waals surface area contributed by atoms with Crippen molar-refractivity contribution in [1.82, 2.24) is 15.0 Å². The van der Waals surface area contributed by atoms with Gasteiger partial charge in [-0.2, -0.15) is 5.26 Å². The van der Waals surface area contributed by atoms with Crippen LogP contribution in [0.1, 0.15) is 30.5 Å². The van der Waals surface area contributed by atoms with E-state index in [1.807, 2.05) is 67.0 Å². The number of nitriles is 1. The maximum Gasteiger partial charge on any atom is 0.160 e. The minimum atomic E-state index is -0.208. The zero-order chi connectivity index (χ0) is 37.1. The molecular formula is C51H34N4. The second-order valence-corrected chi connectivity index (χ2v) is 14.8. The fourth-order valence-corrected chi connectivity index (χ4v) is 8.34. The quantitative estimate of drug-likeness (QED) is 0.168. The molecule has 55 heavy (non-hydrogen) atoms. The highest BCUT2D eigenvalue weighted by Crippen LogP contribution is 2.53. The molecule has 258 valence electrons. The summed E-state index contributed by atoms with van der Waals surface area (Å²) < 4.78 is 0. The summed E-state index contributed by atoms with van der Waals surface area (Å²) in [5.41, 5.74) is 14.8. The van der Waals surface area contributed by atoms with Crippen LogP contribution < -0.4 is 0 Å². The van der Waals surface area contributed by atoms with Crippen LogP contribution in [0.15, 0.2) is 170 Å². The first-order chi connectivity index (χ1) is 26.9. The molecule has 0 atom stereocenters. The third kappa shape index (κ3) is 5.48. The van der Waals surface area contributed by atoms with Crippen molar-refractivity contribution in [3.8, 4) is 73.4 Å². The minimum Gasteiger partial charge on any atom is -0.264 e. The molecule has 0 fully saturated rings. The first kappa shape index (κ1) is 32.4. The van der Waals surface area contributed by atoms with Gasteiger partial charge in [0.1, 0.15) is 0 Å². The van der Waals surface area contributed by atoms with Crippen molar-refractivity contribution in [1.29, 1.82) is 5.26 Å². The molecule has 10 rings (SSSR count). The van der Waals surface area contributed by atoms with Crippen molar-refractivity contribution in [2.24, 2.45) is 0 Å². The molecule has 0 spiro atoms. The van der Waals surface area contributed by atoms with E-state index in [1.165, 1.54) is 33.0 Å². The minimum absolute atomic E-state index is 0.208. The highest BCUT2D eigenvalue weighted by molar-refractivity contribution is 6.14. The summed E-state index contributed by atoms with van der Waals surface area (Å²) in [7, 11) is 0. The van der Waals surface area contributed by atoms with Gasteiger partial charge in [0.05, 0.1) is 23.0 Å². The number of aromatic nitrogens is 3. The van der Waals surface area contributed by atoms with Crippen LogP contribution in [0.2, 0.25) is 0 Å². The van der Waals surface area contributed by atoms with Gasteiger partial charge in [-0.1, -0.05) is 123 Å². The molecule has 4 heteroatoms. The zero-order valence-electron chi connectivity index (χ0n) is 30.5. The van der Waals surface area contributed by atoms with Gasteiger partial charge in [-0.3, -0.25) is 4.98 Å². The summed E-state index contributed by atoms with van der Waals surface area (Å²) in [6.45, 7) is 4.67. The monoisotopic (exact) mass is 702 g/mol. The third-order valence-electron chi connectivity index (χ3n) is 11.2. The Labute approximate surface area is 320 Å². The van der Waals surface area contributed by atoms with E-state index >= 15 is 0 Å². The van der Waals surface area contributed by atoms with E-state index in [0.717, 1.165) is 61.1 Å². The van der Waals surface area contributed by atoms with E-state index in [1.54, 1.807) is 0 Å². The SMILES string of the molecule is CC1(C)c2cc(-c3cc(-c4cccnc4)cc(-c4cc(-c5ccccc5)nc(-c5ccccc5)n4)c3)ccc2-c2c1ccc1c2ccc2cc(C#N)ccc21. The Hall–Kier alpha value is -7.22. The number of benzene rings is 7. The highest BCUT2D eigenvalue weighted by Gasteiger charge is 2.37. The summed E-state index contributed by atoms with van der Waals surface area (Å²) in [6.07, 6.45) is 3.74. The van der Waals surface area contributed by atoms with Gasteiger partial charge in [-0.25, -0.2) is 9.97 Å². The Morgan fingerprint density at radius 1 is 0.491 bits per heavy atom. The number of pyridine rings is 1. The van der Waals surface area contributed by atoms with E-state index in [9.17, 15) is 5.26 Å². The predicted molar refractivity (Wildman–Crippen MR) is 224 cm³/mol. The molecule has 1 aliphatic carbocycles. The lowest BCUT2D eigenvalue weighted by Gasteiger charge is -2.22. The van der Waals surface area contributed by atoms with Gasteiger partial charge in [0, 0.05) is 40.1 Å². The summed E-state index contributed by atoms with van der Waals surface area (Å²) in [6, 6.07) is 57.6. The number of hydrogen-bond acceptors (Lipinski definition) is 4. The lowest BCUT2D eigenvalue weighted by molar-refractivity contribution is 0.661.